The summed E-state index contributed by atoms with van der Waals surface area (Å²) in [4.78, 5) is 25.8. The molecule has 5 heteroatoms. The zero-order valence-electron chi connectivity index (χ0n) is 28.0. The maximum absolute atomic E-state index is 13.3. The second kappa shape index (κ2) is 17.2. The normalized spacial score (nSPS) is 26.2. The number of carbonyl (C=O) groups excluding carboxylic acids is 2. The van der Waals surface area contributed by atoms with Crippen LogP contribution in [0.5, 0.6) is 0 Å². The van der Waals surface area contributed by atoms with Crippen molar-refractivity contribution < 1.29 is 23.3 Å². The molecule has 0 amide bonds. The molecule has 40 heavy (non-hydrogen) atoms. The van der Waals surface area contributed by atoms with Crippen LogP contribution in [0.1, 0.15) is 124 Å². The highest BCUT2D eigenvalue weighted by atomic mass is 16.5. The van der Waals surface area contributed by atoms with Gasteiger partial charge in [-0.1, -0.05) is 66.2 Å². The minimum Gasteiger partial charge on any atom is -0.458 e. The number of hydrogen-bond donors (Lipinski definition) is 0. The number of esters is 1. The van der Waals surface area contributed by atoms with Crippen molar-refractivity contribution in [2.45, 2.75) is 130 Å². The number of Topliss-reactive ketones (excluding diaryl/α,β-unsaturated/α-hetero) is 1. The fourth-order valence-electron chi connectivity index (χ4n) is 7.47. The minimum atomic E-state index is -0.0152. The molecule has 0 saturated heterocycles. The van der Waals surface area contributed by atoms with E-state index in [1.165, 1.54) is 77.0 Å². The molecule has 0 N–H and O–H groups in total. The number of likely N-dealkylation sites (N-methyl/N-ethyl adjacent to an activating group) is 2. The van der Waals surface area contributed by atoms with Crippen LogP contribution < -0.4 is 0 Å². The largest absolute Gasteiger partial charge is 0.458 e. The van der Waals surface area contributed by atoms with Gasteiger partial charge in [-0.05, 0) is 81.5 Å². The smallest absolute Gasteiger partial charge is 0.362 e. The van der Waals surface area contributed by atoms with Gasteiger partial charge in [0.2, 0.25) is 0 Å². The number of carbonyl (C=O) groups is 2. The highest BCUT2D eigenvalue weighted by Crippen LogP contribution is 2.38. The first-order chi connectivity index (χ1) is 18.8. The molecule has 0 spiro atoms. The predicted octanol–water partition coefficient (Wildman–Crippen LogP) is 7.66. The quantitative estimate of drug-likeness (QED) is 0.0975. The third-order valence-corrected chi connectivity index (χ3v) is 10.0. The number of rotatable bonds is 18. The van der Waals surface area contributed by atoms with Gasteiger partial charge in [-0.15, -0.1) is 0 Å². The van der Waals surface area contributed by atoms with Gasteiger partial charge in [-0.25, -0.2) is 4.79 Å². The lowest BCUT2D eigenvalue weighted by Gasteiger charge is -2.38. The van der Waals surface area contributed by atoms with Gasteiger partial charge in [0.25, 0.3) is 0 Å². The molecule has 5 nitrogen and oxygen atoms in total. The molecule has 0 aliphatic heterocycles. The van der Waals surface area contributed by atoms with Crippen molar-refractivity contribution in [1.29, 1.82) is 0 Å². The highest BCUT2D eigenvalue weighted by Gasteiger charge is 2.37. The van der Waals surface area contributed by atoms with E-state index in [0.29, 0.717) is 42.5 Å². The Bertz CT molecular complexity index is 747. The average Bonchev–Trinajstić information content (AvgIpc) is 2.84. The summed E-state index contributed by atoms with van der Waals surface area (Å²) in [6, 6.07) is 0. The summed E-state index contributed by atoms with van der Waals surface area (Å²) in [6.45, 7) is 12.5. The maximum atomic E-state index is 13.3. The molecule has 2 rings (SSSR count). The summed E-state index contributed by atoms with van der Waals surface area (Å²) in [5.74, 6) is 3.37. The number of ether oxygens (including phenoxy) is 1. The highest BCUT2D eigenvalue weighted by molar-refractivity contribution is 5.82. The molecule has 2 saturated carbocycles. The number of nitrogens with zero attached hydrogens (tertiary/aromatic N) is 2. The first kappa shape index (κ1) is 35.3. The van der Waals surface area contributed by atoms with E-state index in [-0.39, 0.29) is 18.0 Å². The van der Waals surface area contributed by atoms with Gasteiger partial charge in [-0.3, -0.25) is 4.79 Å². The van der Waals surface area contributed by atoms with Gasteiger partial charge >= 0.3 is 5.97 Å². The Hall–Kier alpha value is -0.940. The van der Waals surface area contributed by atoms with E-state index in [4.69, 9.17) is 4.74 Å². The van der Waals surface area contributed by atoms with Gasteiger partial charge in [0.15, 0.2) is 12.3 Å². The Morgan fingerprint density at radius 3 is 1.77 bits per heavy atom. The molecule has 2 fully saturated rings. The lowest BCUT2D eigenvalue weighted by Crippen LogP contribution is -2.48. The van der Waals surface area contributed by atoms with Gasteiger partial charge in [0.05, 0.1) is 41.3 Å². The molecule has 0 bridgehead atoms. The zero-order valence-corrected chi connectivity index (χ0v) is 28.0. The van der Waals surface area contributed by atoms with E-state index >= 15 is 0 Å². The van der Waals surface area contributed by atoms with E-state index in [1.807, 2.05) is 0 Å². The third kappa shape index (κ3) is 13.8. The van der Waals surface area contributed by atoms with Crippen molar-refractivity contribution in [3.8, 4) is 0 Å². The molecule has 0 aromatic carbocycles. The van der Waals surface area contributed by atoms with Crippen LogP contribution in [-0.2, 0) is 14.3 Å². The van der Waals surface area contributed by atoms with E-state index in [9.17, 15) is 9.59 Å². The summed E-state index contributed by atoms with van der Waals surface area (Å²) in [5.41, 5.74) is 0. The molecule has 0 heterocycles. The van der Waals surface area contributed by atoms with E-state index in [2.05, 4.69) is 55.9 Å². The second-order valence-corrected chi connectivity index (χ2v) is 15.7. The Labute approximate surface area is 249 Å². The van der Waals surface area contributed by atoms with E-state index in [0.717, 1.165) is 41.3 Å². The van der Waals surface area contributed by atoms with Crippen LogP contribution in [0.2, 0.25) is 0 Å². The SMILES string of the molecule is CC(C)[C@H]1CC[C@H](C)C[C@H]1C(=O)C[N+](C)(C)CCCCCCCCCC[N+](C)(C)CC(=O)O[C@H]1CCC[C@@H](C)C1. The molecule has 0 unspecified atom stereocenters. The molecule has 5 atom stereocenters. The van der Waals surface area contributed by atoms with E-state index < -0.39 is 0 Å². The molecule has 2 aliphatic carbocycles. The van der Waals surface area contributed by atoms with Crippen molar-refractivity contribution in [3.63, 3.8) is 0 Å². The molecule has 0 radical (unpaired) electrons. The van der Waals surface area contributed by atoms with Crippen LogP contribution in [-0.4, -0.2) is 81.2 Å². The molecule has 0 aromatic rings. The summed E-state index contributed by atoms with van der Waals surface area (Å²) in [5, 5.41) is 0. The van der Waals surface area contributed by atoms with Crippen LogP contribution in [0.3, 0.4) is 0 Å². The van der Waals surface area contributed by atoms with Crippen molar-refractivity contribution in [2.75, 3.05) is 54.4 Å². The number of quaternary nitrogens is 2. The lowest BCUT2D eigenvalue weighted by molar-refractivity contribution is -0.883. The molecule has 2 aliphatic rings. The molecule has 0 aromatic heterocycles. The van der Waals surface area contributed by atoms with Crippen LogP contribution in [0.25, 0.3) is 0 Å². The minimum absolute atomic E-state index is 0.0152. The first-order valence-electron chi connectivity index (χ1n) is 17.1. The predicted molar refractivity (Wildman–Crippen MR) is 168 cm³/mol. The topological polar surface area (TPSA) is 43.4 Å². The maximum Gasteiger partial charge on any atom is 0.362 e. The lowest BCUT2D eigenvalue weighted by atomic mass is 9.68. The Morgan fingerprint density at radius 1 is 0.700 bits per heavy atom. The Balaban J connectivity index is 1.51. The Morgan fingerprint density at radius 2 is 1.23 bits per heavy atom. The molecule has 234 valence electrons. The van der Waals surface area contributed by atoms with Crippen LogP contribution in [0.4, 0.5) is 0 Å². The van der Waals surface area contributed by atoms with Crippen molar-refractivity contribution in [1.82, 2.24) is 0 Å². The summed E-state index contributed by atoms with van der Waals surface area (Å²) < 4.78 is 7.38. The second-order valence-electron chi connectivity index (χ2n) is 15.7. The van der Waals surface area contributed by atoms with Crippen LogP contribution >= 0.6 is 0 Å². The van der Waals surface area contributed by atoms with E-state index in [1.54, 1.807) is 0 Å². The molecular weight excluding hydrogens is 496 g/mol. The summed E-state index contributed by atoms with van der Waals surface area (Å²) in [7, 11) is 8.84. The summed E-state index contributed by atoms with van der Waals surface area (Å²) in [6.07, 6.45) is 18.4. The van der Waals surface area contributed by atoms with Gasteiger partial charge < -0.3 is 13.7 Å². The van der Waals surface area contributed by atoms with Crippen molar-refractivity contribution in [2.24, 2.45) is 29.6 Å². The summed E-state index contributed by atoms with van der Waals surface area (Å²) >= 11 is 0. The van der Waals surface area contributed by atoms with Gasteiger partial charge in [0, 0.05) is 5.92 Å². The average molecular weight is 565 g/mol. The standard InChI is InChI=1S/C35H68N2O3/c1-28(2)32-21-20-30(4)25-33(32)34(38)26-36(5,6)22-15-13-11-9-10-12-14-16-23-37(7,8)27-35(39)40-31-19-17-18-29(3)24-31/h28-33H,9-27H2,1-8H3/q+2/t29-,30+,31+,32-,33-/m1/s1. The number of unbranched alkanes of at least 4 members (excludes halogenated alkanes) is 7. The van der Waals surface area contributed by atoms with Crippen LogP contribution in [0, 0.1) is 29.6 Å². The fourth-order valence-corrected chi connectivity index (χ4v) is 7.47. The number of hydrogen-bond acceptors (Lipinski definition) is 3. The van der Waals surface area contributed by atoms with Crippen molar-refractivity contribution in [3.05, 3.63) is 0 Å². The first-order valence-corrected chi connectivity index (χ1v) is 17.1. The van der Waals surface area contributed by atoms with Crippen LogP contribution in [0.15, 0.2) is 0 Å². The van der Waals surface area contributed by atoms with Gasteiger partial charge in [-0.2, -0.15) is 0 Å². The van der Waals surface area contributed by atoms with Gasteiger partial charge in [0.1, 0.15) is 12.6 Å². The monoisotopic (exact) mass is 565 g/mol. The zero-order chi connectivity index (χ0) is 29.8. The number of ketones is 1. The third-order valence-electron chi connectivity index (χ3n) is 10.0. The molecular formula is C35H68N2O3+2. The Kier molecular flexibility index (Phi) is 15.2. The van der Waals surface area contributed by atoms with Crippen molar-refractivity contribution >= 4 is 11.8 Å². The fraction of sp³-hybridized carbons (Fsp3) is 0.943.